The maximum absolute atomic E-state index is 2.47. The lowest BCUT2D eigenvalue weighted by atomic mass is 9.90. The number of benzene rings is 2. The highest BCUT2D eigenvalue weighted by molar-refractivity contribution is 5.84. The van der Waals surface area contributed by atoms with Crippen LogP contribution in [0.3, 0.4) is 0 Å². The average molecular weight is 274 g/mol. The van der Waals surface area contributed by atoms with Crippen LogP contribution in [0.25, 0.3) is 17.2 Å². The Labute approximate surface area is 125 Å². The molecule has 0 amide bonds. The SMILES string of the molecule is CC1=Cc2c(cc3c(c2-c2ccccc2)CCC3)C1.[Si]. The summed E-state index contributed by atoms with van der Waals surface area (Å²) < 4.78 is 0. The van der Waals surface area contributed by atoms with Crippen molar-refractivity contribution < 1.29 is 0 Å². The van der Waals surface area contributed by atoms with Crippen LogP contribution >= 0.6 is 0 Å². The van der Waals surface area contributed by atoms with Crippen molar-refractivity contribution >= 4 is 17.0 Å². The molecule has 0 spiro atoms. The lowest BCUT2D eigenvalue weighted by Crippen LogP contribution is -1.95. The molecule has 0 aliphatic heterocycles. The van der Waals surface area contributed by atoms with E-state index >= 15 is 0 Å². The Morgan fingerprint density at radius 1 is 0.950 bits per heavy atom. The Bertz CT molecular complexity index is 681. The summed E-state index contributed by atoms with van der Waals surface area (Å²) in [6.07, 6.45) is 7.38. The topological polar surface area (TPSA) is 0 Å². The summed E-state index contributed by atoms with van der Waals surface area (Å²) >= 11 is 0. The lowest BCUT2D eigenvalue weighted by molar-refractivity contribution is 0.912. The van der Waals surface area contributed by atoms with E-state index in [-0.39, 0.29) is 11.0 Å². The van der Waals surface area contributed by atoms with E-state index in [1.807, 2.05) is 0 Å². The third-order valence-electron chi connectivity index (χ3n) is 4.45. The number of fused-ring (bicyclic) bond motifs is 2. The fourth-order valence-electron chi connectivity index (χ4n) is 3.67. The first-order valence-electron chi connectivity index (χ1n) is 7.23. The molecule has 98 valence electrons. The van der Waals surface area contributed by atoms with Crippen LogP contribution in [0.1, 0.15) is 35.6 Å². The van der Waals surface area contributed by atoms with Crippen molar-refractivity contribution in [2.75, 3.05) is 0 Å². The predicted octanol–water partition coefficient (Wildman–Crippen LogP) is 4.42. The number of hydrogen-bond donors (Lipinski definition) is 0. The molecule has 0 nitrogen and oxygen atoms in total. The van der Waals surface area contributed by atoms with Crippen molar-refractivity contribution in [3.8, 4) is 11.1 Å². The highest BCUT2D eigenvalue weighted by Crippen LogP contribution is 2.41. The molecule has 0 bridgehead atoms. The molecule has 4 radical (unpaired) electrons. The molecule has 0 heterocycles. The standard InChI is InChI=1S/C19H18.Si/c1-13-10-16-12-15-8-5-9-17(15)19(18(16)11-13)14-6-3-2-4-7-14;/h2-4,6-7,11-12H,5,8-10H2,1H3;. The molecule has 0 unspecified atom stereocenters. The van der Waals surface area contributed by atoms with Crippen LogP contribution in [0.2, 0.25) is 0 Å². The van der Waals surface area contributed by atoms with E-state index < -0.39 is 0 Å². The predicted molar refractivity (Wildman–Crippen MR) is 87.0 cm³/mol. The van der Waals surface area contributed by atoms with Crippen LogP contribution < -0.4 is 0 Å². The average Bonchev–Trinajstić information content (AvgIpc) is 3.01. The molecular formula is C19H18Si. The van der Waals surface area contributed by atoms with Crippen molar-refractivity contribution in [3.63, 3.8) is 0 Å². The van der Waals surface area contributed by atoms with Crippen LogP contribution in [-0.4, -0.2) is 11.0 Å². The third kappa shape index (κ3) is 1.97. The fraction of sp³-hybridized carbons (Fsp3) is 0.263. The first-order chi connectivity index (χ1) is 9.33. The van der Waals surface area contributed by atoms with Crippen molar-refractivity contribution in [1.29, 1.82) is 0 Å². The second kappa shape index (κ2) is 5.06. The van der Waals surface area contributed by atoms with Gasteiger partial charge >= 0.3 is 0 Å². The lowest BCUT2D eigenvalue weighted by Gasteiger charge is -2.14. The quantitative estimate of drug-likeness (QED) is 0.675. The highest BCUT2D eigenvalue weighted by Gasteiger charge is 2.23. The third-order valence-corrected chi connectivity index (χ3v) is 4.45. The molecular weight excluding hydrogens is 256 g/mol. The number of aryl methyl sites for hydroxylation is 1. The van der Waals surface area contributed by atoms with Gasteiger partial charge in [-0.05, 0) is 66.0 Å². The van der Waals surface area contributed by atoms with E-state index in [1.165, 1.54) is 47.1 Å². The van der Waals surface area contributed by atoms with Gasteiger partial charge in [-0.2, -0.15) is 0 Å². The maximum Gasteiger partial charge on any atom is 0 e. The van der Waals surface area contributed by atoms with Gasteiger partial charge in [0.15, 0.2) is 0 Å². The Kier molecular flexibility index (Phi) is 3.39. The van der Waals surface area contributed by atoms with Gasteiger partial charge in [-0.15, -0.1) is 0 Å². The Hall–Kier alpha value is -1.60. The van der Waals surface area contributed by atoms with E-state index in [2.05, 4.69) is 49.4 Å². The first-order valence-corrected chi connectivity index (χ1v) is 7.23. The monoisotopic (exact) mass is 274 g/mol. The molecule has 0 saturated heterocycles. The zero-order valence-corrected chi connectivity index (χ0v) is 12.9. The van der Waals surface area contributed by atoms with Gasteiger partial charge in [-0.3, -0.25) is 0 Å². The molecule has 2 aromatic rings. The smallest absolute Gasteiger partial charge is 0 e. The van der Waals surface area contributed by atoms with Gasteiger partial charge in [0, 0.05) is 11.0 Å². The molecule has 2 aliphatic carbocycles. The van der Waals surface area contributed by atoms with Crippen molar-refractivity contribution in [2.45, 2.75) is 32.6 Å². The molecule has 0 fully saturated rings. The summed E-state index contributed by atoms with van der Waals surface area (Å²) in [6.45, 7) is 2.25. The van der Waals surface area contributed by atoms with E-state index in [1.54, 1.807) is 11.1 Å². The molecule has 0 saturated carbocycles. The summed E-state index contributed by atoms with van der Waals surface area (Å²) in [5.41, 5.74) is 10.6. The van der Waals surface area contributed by atoms with Gasteiger partial charge < -0.3 is 0 Å². The van der Waals surface area contributed by atoms with Gasteiger partial charge in [0.2, 0.25) is 0 Å². The minimum atomic E-state index is 0. The summed E-state index contributed by atoms with van der Waals surface area (Å²) in [4.78, 5) is 0. The van der Waals surface area contributed by atoms with Crippen LogP contribution in [0.5, 0.6) is 0 Å². The summed E-state index contributed by atoms with van der Waals surface area (Å²) in [6, 6.07) is 13.4. The van der Waals surface area contributed by atoms with Gasteiger partial charge in [0.05, 0.1) is 0 Å². The van der Waals surface area contributed by atoms with Gasteiger partial charge in [0.1, 0.15) is 0 Å². The highest BCUT2D eigenvalue weighted by atomic mass is 28.1. The summed E-state index contributed by atoms with van der Waals surface area (Å²) in [5, 5.41) is 0. The normalized spacial score (nSPS) is 15.3. The van der Waals surface area contributed by atoms with Crippen LogP contribution in [0, 0.1) is 0 Å². The second-order valence-corrected chi connectivity index (χ2v) is 5.85. The van der Waals surface area contributed by atoms with Gasteiger partial charge in [-0.25, -0.2) is 0 Å². The largest absolute Gasteiger partial charge is 0.0683 e. The molecule has 20 heavy (non-hydrogen) atoms. The number of hydrogen-bond acceptors (Lipinski definition) is 0. The van der Waals surface area contributed by atoms with Gasteiger partial charge in [-0.1, -0.05) is 48.0 Å². The zero-order valence-electron chi connectivity index (χ0n) is 11.9. The Morgan fingerprint density at radius 2 is 1.75 bits per heavy atom. The Morgan fingerprint density at radius 3 is 2.55 bits per heavy atom. The molecule has 2 aliphatic rings. The van der Waals surface area contributed by atoms with Crippen LogP contribution in [-0.2, 0) is 19.3 Å². The summed E-state index contributed by atoms with van der Waals surface area (Å²) in [5.74, 6) is 0. The molecule has 2 aromatic carbocycles. The molecule has 1 heteroatoms. The van der Waals surface area contributed by atoms with Gasteiger partial charge in [0.25, 0.3) is 0 Å². The molecule has 0 atom stereocenters. The fourth-order valence-corrected chi connectivity index (χ4v) is 3.67. The minimum Gasteiger partial charge on any atom is -0.0683 e. The first kappa shape index (κ1) is 13.4. The molecule has 0 N–H and O–H groups in total. The van der Waals surface area contributed by atoms with E-state index in [9.17, 15) is 0 Å². The van der Waals surface area contributed by atoms with Crippen LogP contribution in [0.15, 0.2) is 42.0 Å². The minimum absolute atomic E-state index is 0. The van der Waals surface area contributed by atoms with Crippen LogP contribution in [0.4, 0.5) is 0 Å². The van der Waals surface area contributed by atoms with Crippen molar-refractivity contribution in [3.05, 3.63) is 64.2 Å². The Balaban J connectivity index is 0.00000121. The van der Waals surface area contributed by atoms with E-state index in [4.69, 9.17) is 0 Å². The molecule has 4 rings (SSSR count). The molecule has 0 aromatic heterocycles. The van der Waals surface area contributed by atoms with E-state index in [0.717, 1.165) is 6.42 Å². The van der Waals surface area contributed by atoms with E-state index in [0.29, 0.717) is 0 Å². The summed E-state index contributed by atoms with van der Waals surface area (Å²) in [7, 11) is 0. The zero-order chi connectivity index (χ0) is 12.8. The second-order valence-electron chi connectivity index (χ2n) is 5.85. The van der Waals surface area contributed by atoms with Crippen molar-refractivity contribution in [1.82, 2.24) is 0 Å². The number of allylic oxidation sites excluding steroid dienone is 1. The van der Waals surface area contributed by atoms with Crippen molar-refractivity contribution in [2.24, 2.45) is 0 Å². The number of rotatable bonds is 1. The maximum atomic E-state index is 2.47.